The van der Waals surface area contributed by atoms with Gasteiger partial charge in [0.25, 0.3) is 5.91 Å². The van der Waals surface area contributed by atoms with Crippen LogP contribution in [0, 0.1) is 5.92 Å². The van der Waals surface area contributed by atoms with Gasteiger partial charge in [0.1, 0.15) is 0 Å². The van der Waals surface area contributed by atoms with E-state index >= 15 is 0 Å². The number of hydrogen-bond donors (Lipinski definition) is 2. The van der Waals surface area contributed by atoms with Gasteiger partial charge in [-0.1, -0.05) is 39.0 Å². The first kappa shape index (κ1) is 26.3. The zero-order valence-electron chi connectivity index (χ0n) is 21.0. The van der Waals surface area contributed by atoms with Crippen molar-refractivity contribution < 1.29 is 23.1 Å². The van der Waals surface area contributed by atoms with E-state index in [9.17, 15) is 18.0 Å². The van der Waals surface area contributed by atoms with E-state index in [2.05, 4.69) is 29.1 Å². The Kier molecular flexibility index (Phi) is 7.58. The number of nitrogens with one attached hydrogen (secondary N) is 1. The van der Waals surface area contributed by atoms with Gasteiger partial charge in [0.05, 0.1) is 16.2 Å². The van der Waals surface area contributed by atoms with Crippen LogP contribution in [-0.2, 0) is 22.9 Å². The summed E-state index contributed by atoms with van der Waals surface area (Å²) in [6, 6.07) is 12.2. The molecule has 0 radical (unpaired) electrons. The van der Waals surface area contributed by atoms with Crippen molar-refractivity contribution >= 4 is 27.7 Å². The molecular formula is C27H30N4O5S. The minimum Gasteiger partial charge on any atom is -0.478 e. The van der Waals surface area contributed by atoms with Gasteiger partial charge in [-0.25, -0.2) is 23.2 Å². The van der Waals surface area contributed by atoms with E-state index in [0.717, 1.165) is 11.1 Å². The third kappa shape index (κ3) is 5.80. The van der Waals surface area contributed by atoms with Crippen LogP contribution in [0.5, 0.6) is 0 Å². The van der Waals surface area contributed by atoms with Gasteiger partial charge in [-0.2, -0.15) is 0 Å². The van der Waals surface area contributed by atoms with Crippen molar-refractivity contribution in [3.8, 4) is 0 Å². The minimum atomic E-state index is -3.27. The maximum absolute atomic E-state index is 12.9. The second kappa shape index (κ2) is 10.7. The van der Waals surface area contributed by atoms with Gasteiger partial charge >= 0.3 is 5.97 Å². The highest BCUT2D eigenvalue weighted by molar-refractivity contribution is 7.91. The van der Waals surface area contributed by atoms with Gasteiger partial charge in [0, 0.05) is 43.5 Å². The standard InChI is InChI=1S/C27H30N4O5S/c1-4-37(35,36)22-8-5-18(6-9-22)12-28-25(32)19-7-10-23-20(11-19)15-31(16-24(23)17(2)3)27-29-13-21(14-30-27)26(33)34/h5-11,13-14,17,24H,4,12,15-16H2,1-3H3,(H,28,32)(H,33,34)/t24-/m0/s1. The van der Waals surface area contributed by atoms with Crippen LogP contribution < -0.4 is 10.2 Å². The summed E-state index contributed by atoms with van der Waals surface area (Å²) in [6.07, 6.45) is 2.61. The van der Waals surface area contributed by atoms with Gasteiger partial charge in [-0.15, -0.1) is 0 Å². The Hall–Kier alpha value is -3.79. The van der Waals surface area contributed by atoms with E-state index in [1.165, 1.54) is 18.0 Å². The van der Waals surface area contributed by atoms with Crippen LogP contribution in [0.1, 0.15) is 64.1 Å². The van der Waals surface area contributed by atoms with Crippen LogP contribution in [0.2, 0.25) is 0 Å². The summed E-state index contributed by atoms with van der Waals surface area (Å²) in [4.78, 5) is 34.9. The highest BCUT2D eigenvalue weighted by atomic mass is 32.2. The van der Waals surface area contributed by atoms with Crippen molar-refractivity contribution in [2.24, 2.45) is 5.92 Å². The Morgan fingerprint density at radius 3 is 2.35 bits per heavy atom. The number of aromatic carboxylic acids is 1. The number of rotatable bonds is 8. The first-order valence-electron chi connectivity index (χ1n) is 12.1. The number of carboxylic acids is 1. The smallest absolute Gasteiger partial charge is 0.338 e. The van der Waals surface area contributed by atoms with Crippen LogP contribution in [0.15, 0.2) is 59.8 Å². The zero-order chi connectivity index (χ0) is 26.7. The molecule has 1 aromatic heterocycles. The maximum atomic E-state index is 12.9. The van der Waals surface area contributed by atoms with E-state index in [0.29, 0.717) is 30.5 Å². The summed E-state index contributed by atoms with van der Waals surface area (Å²) in [7, 11) is -3.27. The van der Waals surface area contributed by atoms with Crippen LogP contribution in [0.4, 0.5) is 5.95 Å². The SMILES string of the molecule is CCS(=O)(=O)c1ccc(CNC(=O)c2ccc3c(c2)CN(c2ncc(C(=O)O)cn2)C[C@H]3C(C)C)cc1. The summed E-state index contributed by atoms with van der Waals surface area (Å²) >= 11 is 0. The van der Waals surface area contributed by atoms with E-state index in [1.807, 2.05) is 23.1 Å². The predicted octanol–water partition coefficient (Wildman–Crippen LogP) is 3.66. The Bertz CT molecular complexity index is 1400. The fourth-order valence-electron chi connectivity index (χ4n) is 4.43. The van der Waals surface area contributed by atoms with Crippen molar-refractivity contribution in [1.29, 1.82) is 0 Å². The number of fused-ring (bicyclic) bond motifs is 1. The van der Waals surface area contributed by atoms with Gasteiger partial charge in [0.15, 0.2) is 9.84 Å². The van der Waals surface area contributed by atoms with Gasteiger partial charge < -0.3 is 15.3 Å². The summed E-state index contributed by atoms with van der Waals surface area (Å²) < 4.78 is 24.0. The molecule has 0 fully saturated rings. The number of sulfone groups is 1. The number of hydrogen-bond acceptors (Lipinski definition) is 7. The van der Waals surface area contributed by atoms with Crippen molar-refractivity contribution in [2.75, 3.05) is 17.2 Å². The lowest BCUT2D eigenvalue weighted by molar-refractivity contribution is 0.0695. The molecule has 0 saturated carbocycles. The zero-order valence-corrected chi connectivity index (χ0v) is 21.8. The molecule has 0 bridgehead atoms. The molecule has 2 heterocycles. The lowest BCUT2D eigenvalue weighted by atomic mass is 9.82. The molecule has 1 aliphatic heterocycles. The van der Waals surface area contributed by atoms with E-state index in [1.54, 1.807) is 31.2 Å². The molecule has 4 rings (SSSR count). The number of amides is 1. The molecule has 37 heavy (non-hydrogen) atoms. The highest BCUT2D eigenvalue weighted by Gasteiger charge is 2.29. The molecule has 0 saturated heterocycles. The number of benzene rings is 2. The maximum Gasteiger partial charge on any atom is 0.338 e. The summed E-state index contributed by atoms with van der Waals surface area (Å²) in [5, 5.41) is 12.0. The van der Waals surface area contributed by atoms with Crippen LogP contribution >= 0.6 is 0 Å². The molecule has 10 heteroatoms. The number of nitrogens with zero attached hydrogens (tertiary/aromatic N) is 3. The van der Waals surface area contributed by atoms with Crippen LogP contribution in [0.25, 0.3) is 0 Å². The average Bonchev–Trinajstić information content (AvgIpc) is 2.90. The first-order chi connectivity index (χ1) is 17.6. The summed E-state index contributed by atoms with van der Waals surface area (Å²) in [5.41, 5.74) is 3.53. The average molecular weight is 523 g/mol. The quantitative estimate of drug-likeness (QED) is 0.459. The number of carbonyl (C=O) groups is 2. The van der Waals surface area contributed by atoms with Crippen molar-refractivity contribution in [2.45, 2.75) is 44.7 Å². The molecule has 3 aromatic rings. The largest absolute Gasteiger partial charge is 0.478 e. The molecule has 0 aliphatic carbocycles. The molecule has 1 aliphatic rings. The molecular weight excluding hydrogens is 492 g/mol. The first-order valence-corrected chi connectivity index (χ1v) is 13.8. The molecule has 9 nitrogen and oxygen atoms in total. The van der Waals surface area contributed by atoms with Crippen molar-refractivity contribution in [1.82, 2.24) is 15.3 Å². The Labute approximate surface area is 216 Å². The van der Waals surface area contributed by atoms with Crippen molar-refractivity contribution in [3.05, 3.63) is 82.7 Å². The third-order valence-corrected chi connectivity index (χ3v) is 8.42. The topological polar surface area (TPSA) is 130 Å². The van der Waals surface area contributed by atoms with E-state index in [-0.39, 0.29) is 34.6 Å². The van der Waals surface area contributed by atoms with E-state index in [4.69, 9.17) is 5.11 Å². The van der Waals surface area contributed by atoms with Gasteiger partial charge in [0.2, 0.25) is 5.95 Å². The van der Waals surface area contributed by atoms with Crippen LogP contribution in [0.3, 0.4) is 0 Å². The Balaban J connectivity index is 1.51. The normalized spacial score (nSPS) is 15.4. The van der Waals surface area contributed by atoms with E-state index < -0.39 is 15.8 Å². The fraction of sp³-hybridized carbons (Fsp3) is 0.333. The lowest BCUT2D eigenvalue weighted by Crippen LogP contribution is -2.37. The summed E-state index contributed by atoms with van der Waals surface area (Å²) in [5.74, 6) is -0.289. The predicted molar refractivity (Wildman–Crippen MR) is 139 cm³/mol. The molecule has 2 N–H and O–H groups in total. The second-order valence-electron chi connectivity index (χ2n) is 9.45. The lowest BCUT2D eigenvalue weighted by Gasteiger charge is -2.37. The number of anilines is 1. The van der Waals surface area contributed by atoms with Gasteiger partial charge in [-0.05, 0) is 46.9 Å². The molecule has 1 amide bonds. The molecule has 0 unspecified atom stereocenters. The number of carbonyl (C=O) groups excluding carboxylic acids is 1. The highest BCUT2D eigenvalue weighted by Crippen LogP contribution is 2.35. The summed E-state index contributed by atoms with van der Waals surface area (Å²) in [6.45, 7) is 7.35. The Morgan fingerprint density at radius 2 is 1.76 bits per heavy atom. The molecule has 1 atom stereocenters. The van der Waals surface area contributed by atoms with Crippen molar-refractivity contribution in [3.63, 3.8) is 0 Å². The molecule has 194 valence electrons. The minimum absolute atomic E-state index is 0.0298. The fourth-order valence-corrected chi connectivity index (χ4v) is 5.32. The second-order valence-corrected chi connectivity index (χ2v) is 11.7. The monoisotopic (exact) mass is 522 g/mol. The molecule has 0 spiro atoms. The Morgan fingerprint density at radius 1 is 1.08 bits per heavy atom. The van der Waals surface area contributed by atoms with Crippen LogP contribution in [-0.4, -0.2) is 47.7 Å². The number of carboxylic acid groups (broad SMARTS) is 1. The molecule has 2 aromatic carbocycles. The van der Waals surface area contributed by atoms with Gasteiger partial charge in [-0.3, -0.25) is 4.79 Å². The number of aromatic nitrogens is 2. The third-order valence-electron chi connectivity index (χ3n) is 6.67.